The van der Waals surface area contributed by atoms with Crippen molar-refractivity contribution in [3.8, 4) is 0 Å². The van der Waals surface area contributed by atoms with E-state index in [1.807, 2.05) is 7.05 Å². The number of hydrogen-bond acceptors (Lipinski definition) is 4. The van der Waals surface area contributed by atoms with Crippen molar-refractivity contribution < 1.29 is 4.74 Å². The van der Waals surface area contributed by atoms with E-state index in [1.54, 1.807) is 0 Å². The van der Waals surface area contributed by atoms with Gasteiger partial charge in [-0.1, -0.05) is 0 Å². The maximum Gasteiger partial charge on any atom is 0.102 e. The molecule has 2 aliphatic rings. The lowest BCUT2D eigenvalue weighted by atomic mass is 9.90. The number of rotatable bonds is 3. The monoisotopic (exact) mass is 211 g/mol. The van der Waals surface area contributed by atoms with Gasteiger partial charge in [-0.2, -0.15) is 0 Å². The van der Waals surface area contributed by atoms with Gasteiger partial charge in [-0.05, 0) is 33.7 Å². The van der Waals surface area contributed by atoms with Gasteiger partial charge >= 0.3 is 0 Å². The Labute approximate surface area is 91.3 Å². The Hall–Kier alpha value is -0.450. The summed E-state index contributed by atoms with van der Waals surface area (Å²) in [5.41, 5.74) is 7.20. The molecule has 4 nitrogen and oxygen atoms in total. The van der Waals surface area contributed by atoms with Crippen LogP contribution in [-0.2, 0) is 4.74 Å². The largest absolute Gasteiger partial charge is 0.367 e. The van der Waals surface area contributed by atoms with Crippen LogP contribution >= 0.6 is 0 Å². The fourth-order valence-corrected chi connectivity index (χ4v) is 2.37. The Morgan fingerprint density at radius 2 is 2.33 bits per heavy atom. The predicted octanol–water partition coefficient (Wildman–Crippen LogP) is 0.517. The first kappa shape index (κ1) is 11.0. The van der Waals surface area contributed by atoms with Gasteiger partial charge in [0.05, 0.1) is 12.2 Å². The summed E-state index contributed by atoms with van der Waals surface area (Å²) in [6.07, 6.45) is 2.78. The van der Waals surface area contributed by atoms with E-state index in [0.29, 0.717) is 24.2 Å². The van der Waals surface area contributed by atoms with Gasteiger partial charge < -0.3 is 15.8 Å². The molecule has 86 valence electrons. The summed E-state index contributed by atoms with van der Waals surface area (Å²) in [5.74, 6) is 0.412. The zero-order chi connectivity index (χ0) is 11.0. The number of epoxide rings is 1. The second kappa shape index (κ2) is 4.20. The van der Waals surface area contributed by atoms with Crippen LogP contribution in [0, 0.1) is 5.92 Å². The van der Waals surface area contributed by atoms with E-state index in [-0.39, 0.29) is 6.17 Å². The van der Waals surface area contributed by atoms with Gasteiger partial charge in [0.1, 0.15) is 6.17 Å². The van der Waals surface area contributed by atoms with Gasteiger partial charge in [-0.3, -0.25) is 4.99 Å². The van der Waals surface area contributed by atoms with Crippen LogP contribution in [0.5, 0.6) is 0 Å². The molecule has 3 N–H and O–H groups in total. The van der Waals surface area contributed by atoms with Gasteiger partial charge in [-0.25, -0.2) is 0 Å². The summed E-state index contributed by atoms with van der Waals surface area (Å²) in [6.45, 7) is 4.20. The molecular weight excluding hydrogens is 190 g/mol. The van der Waals surface area contributed by atoms with Crippen LogP contribution in [0.4, 0.5) is 0 Å². The second-order valence-corrected chi connectivity index (χ2v) is 4.70. The summed E-state index contributed by atoms with van der Waals surface area (Å²) >= 11 is 0. The third kappa shape index (κ3) is 2.22. The van der Waals surface area contributed by atoms with Crippen LogP contribution in [0.15, 0.2) is 4.99 Å². The van der Waals surface area contributed by atoms with Crippen molar-refractivity contribution in [2.75, 3.05) is 7.05 Å². The van der Waals surface area contributed by atoms with Crippen LogP contribution in [0.2, 0.25) is 0 Å². The molecule has 0 aromatic rings. The molecule has 1 fully saturated rings. The molecule has 4 unspecified atom stereocenters. The Bertz CT molecular complexity index is 267. The fourth-order valence-electron chi connectivity index (χ4n) is 2.37. The molecule has 1 saturated heterocycles. The molecule has 0 spiro atoms. The molecule has 0 saturated carbocycles. The first-order chi connectivity index (χ1) is 7.13. The summed E-state index contributed by atoms with van der Waals surface area (Å²) in [5, 5.41) is 3.22. The number of likely N-dealkylation sites (N-methyl/N-ethyl adjacent to an activating group) is 1. The number of aliphatic imine (C=N–C) groups is 1. The molecule has 4 heteroatoms. The SMILES string of the molecule is CN[C@@H](C)C1OC1C1CCC(C)=NC1N. The van der Waals surface area contributed by atoms with E-state index in [1.165, 1.54) is 5.71 Å². The van der Waals surface area contributed by atoms with Gasteiger partial charge in [0.25, 0.3) is 0 Å². The van der Waals surface area contributed by atoms with Gasteiger partial charge in [0.15, 0.2) is 0 Å². The molecular formula is C11H21N3O. The second-order valence-electron chi connectivity index (χ2n) is 4.70. The standard InChI is InChI=1S/C11H21N3O/c1-6-4-5-8(11(12)14-6)10-9(15-10)7(2)13-3/h7-11,13H,4-5,12H2,1-3H3/t7-,8?,9?,10?,11?/m0/s1. The highest BCUT2D eigenvalue weighted by Gasteiger charge is 2.49. The number of nitrogens with one attached hydrogen (secondary N) is 1. The summed E-state index contributed by atoms with van der Waals surface area (Å²) in [7, 11) is 1.96. The third-order valence-electron chi connectivity index (χ3n) is 3.58. The van der Waals surface area contributed by atoms with Crippen LogP contribution < -0.4 is 11.1 Å². The van der Waals surface area contributed by atoms with Crippen LogP contribution in [0.25, 0.3) is 0 Å². The lowest BCUT2D eigenvalue weighted by molar-refractivity contribution is 0.268. The molecule has 0 amide bonds. The molecule has 0 aromatic carbocycles. The highest BCUT2D eigenvalue weighted by atomic mass is 16.6. The van der Waals surface area contributed by atoms with Crippen molar-refractivity contribution in [3.63, 3.8) is 0 Å². The molecule has 2 aliphatic heterocycles. The lowest BCUT2D eigenvalue weighted by Gasteiger charge is -2.24. The molecule has 2 rings (SSSR count). The van der Waals surface area contributed by atoms with Gasteiger partial charge in [0.2, 0.25) is 0 Å². The Kier molecular flexibility index (Phi) is 3.09. The molecule has 2 heterocycles. The first-order valence-corrected chi connectivity index (χ1v) is 5.75. The minimum Gasteiger partial charge on any atom is -0.367 e. The summed E-state index contributed by atoms with van der Waals surface area (Å²) in [6, 6.07) is 0.411. The summed E-state index contributed by atoms with van der Waals surface area (Å²) in [4.78, 5) is 4.44. The van der Waals surface area contributed by atoms with Crippen LogP contribution in [-0.4, -0.2) is 37.2 Å². The normalized spacial score (nSPS) is 42.3. The average molecular weight is 211 g/mol. The quantitative estimate of drug-likeness (QED) is 0.669. The third-order valence-corrected chi connectivity index (χ3v) is 3.58. The minimum atomic E-state index is -0.0576. The Balaban J connectivity index is 1.92. The van der Waals surface area contributed by atoms with Gasteiger partial charge in [0, 0.05) is 17.7 Å². The van der Waals surface area contributed by atoms with E-state index < -0.39 is 0 Å². The fraction of sp³-hybridized carbons (Fsp3) is 0.909. The lowest BCUT2D eigenvalue weighted by Crippen LogP contribution is -2.38. The maximum absolute atomic E-state index is 6.03. The average Bonchev–Trinajstić information content (AvgIpc) is 2.96. The first-order valence-electron chi connectivity index (χ1n) is 5.75. The van der Waals surface area contributed by atoms with Crippen molar-refractivity contribution in [2.24, 2.45) is 16.6 Å². The number of ether oxygens (including phenoxy) is 1. The molecule has 5 atom stereocenters. The Morgan fingerprint density at radius 3 is 2.93 bits per heavy atom. The smallest absolute Gasteiger partial charge is 0.102 e. The van der Waals surface area contributed by atoms with E-state index in [0.717, 1.165) is 12.8 Å². The molecule has 0 radical (unpaired) electrons. The topological polar surface area (TPSA) is 62.9 Å². The van der Waals surface area contributed by atoms with Crippen LogP contribution in [0.3, 0.4) is 0 Å². The van der Waals surface area contributed by atoms with Crippen molar-refractivity contribution in [3.05, 3.63) is 0 Å². The molecule has 0 aliphatic carbocycles. The number of nitrogens with zero attached hydrogens (tertiary/aromatic N) is 1. The molecule has 15 heavy (non-hydrogen) atoms. The highest BCUT2D eigenvalue weighted by molar-refractivity contribution is 5.82. The molecule has 0 bridgehead atoms. The summed E-state index contributed by atoms with van der Waals surface area (Å²) < 4.78 is 5.70. The van der Waals surface area contributed by atoms with Crippen molar-refractivity contribution in [1.82, 2.24) is 5.32 Å². The van der Waals surface area contributed by atoms with E-state index >= 15 is 0 Å². The molecule has 0 aromatic heterocycles. The van der Waals surface area contributed by atoms with Crippen molar-refractivity contribution >= 4 is 5.71 Å². The van der Waals surface area contributed by atoms with E-state index in [4.69, 9.17) is 10.5 Å². The number of nitrogens with two attached hydrogens (primary N) is 1. The van der Waals surface area contributed by atoms with E-state index in [2.05, 4.69) is 24.2 Å². The van der Waals surface area contributed by atoms with Gasteiger partial charge in [-0.15, -0.1) is 0 Å². The predicted molar refractivity (Wildman–Crippen MR) is 61.0 cm³/mol. The van der Waals surface area contributed by atoms with E-state index in [9.17, 15) is 0 Å². The highest BCUT2D eigenvalue weighted by Crippen LogP contribution is 2.37. The Morgan fingerprint density at radius 1 is 1.60 bits per heavy atom. The zero-order valence-electron chi connectivity index (χ0n) is 9.73. The number of hydrogen-bond donors (Lipinski definition) is 2. The van der Waals surface area contributed by atoms with Crippen molar-refractivity contribution in [1.29, 1.82) is 0 Å². The minimum absolute atomic E-state index is 0.0576. The maximum atomic E-state index is 6.03. The van der Waals surface area contributed by atoms with Crippen LogP contribution in [0.1, 0.15) is 26.7 Å². The zero-order valence-corrected chi connectivity index (χ0v) is 9.73. The van der Waals surface area contributed by atoms with Crippen molar-refractivity contribution in [2.45, 2.75) is 51.1 Å².